The van der Waals surface area contributed by atoms with Gasteiger partial charge in [-0.05, 0) is 34.7 Å². The first-order chi connectivity index (χ1) is 9.34. The van der Waals surface area contributed by atoms with Gasteiger partial charge in [-0.2, -0.15) is 0 Å². The summed E-state index contributed by atoms with van der Waals surface area (Å²) in [6, 6.07) is 7.99. The number of hydrogen-bond donors (Lipinski definition) is 1. The minimum Gasteiger partial charge on any atom is -0.490 e. The lowest BCUT2D eigenvalue weighted by Gasteiger charge is -2.08. The highest BCUT2D eigenvalue weighted by molar-refractivity contribution is 14.1. The lowest BCUT2D eigenvalue weighted by atomic mass is 10.3. The second-order valence-electron chi connectivity index (χ2n) is 4.10. The molecule has 0 bridgehead atoms. The topological polar surface area (TPSA) is 44.3 Å². The van der Waals surface area contributed by atoms with Gasteiger partial charge >= 0.3 is 0 Å². The Morgan fingerprint density at radius 1 is 1.05 bits per heavy atom. The predicted octanol–water partition coefficient (Wildman–Crippen LogP) is 1.29. The Morgan fingerprint density at radius 2 is 1.89 bits per heavy atom. The van der Waals surface area contributed by atoms with E-state index in [4.69, 9.17) is 14.2 Å². The third-order valence-corrected chi connectivity index (χ3v) is 3.44. The van der Waals surface area contributed by atoms with Crippen LogP contribution in [0, 0.1) is 3.57 Å². The molecule has 0 saturated carbocycles. The first-order valence-corrected chi connectivity index (χ1v) is 7.68. The number of para-hydroxylation sites is 1. The van der Waals surface area contributed by atoms with Crippen LogP contribution in [0.25, 0.3) is 0 Å². The van der Waals surface area contributed by atoms with Crippen LogP contribution in [0.2, 0.25) is 0 Å². The molecule has 0 fully saturated rings. The molecule has 0 aromatic heterocycles. The summed E-state index contributed by atoms with van der Waals surface area (Å²) in [5, 5.41) is 2.25. The number of methoxy groups -OCH3 is 1. The molecule has 1 aromatic carbocycles. The molecule has 19 heavy (non-hydrogen) atoms. The summed E-state index contributed by atoms with van der Waals surface area (Å²) in [6.07, 6.45) is 1.09. The van der Waals surface area contributed by atoms with Gasteiger partial charge in [0.1, 0.15) is 12.4 Å². The number of ether oxygens (including phenoxy) is 3. The molecule has 0 spiro atoms. The first-order valence-electron chi connectivity index (χ1n) is 6.60. The molecule has 0 aliphatic carbocycles. The van der Waals surface area contributed by atoms with Crippen molar-refractivity contribution in [3.8, 4) is 5.75 Å². The highest BCUT2D eigenvalue weighted by Gasteiger charge is 1.98. The molecule has 0 saturated heterocycles. The number of nitrogens with two attached hydrogens (primary N) is 1. The molecule has 4 nitrogen and oxygen atoms in total. The lowest BCUT2D eigenvalue weighted by Crippen LogP contribution is -2.85. The van der Waals surface area contributed by atoms with E-state index in [1.165, 1.54) is 0 Å². The standard InChI is InChI=1S/C14H22INO3/c1-17-9-4-7-16-8-10-18-11-12-19-14-6-3-2-5-13(14)15/h2-3,5-6,16H,4,7-12H2,1H3/p+1. The Kier molecular flexibility index (Phi) is 10.1. The second-order valence-corrected chi connectivity index (χ2v) is 5.27. The van der Waals surface area contributed by atoms with E-state index in [2.05, 4.69) is 27.9 Å². The Labute approximate surface area is 129 Å². The SMILES string of the molecule is COCCC[NH2+]CCOCCOc1ccccc1I. The summed E-state index contributed by atoms with van der Waals surface area (Å²) in [7, 11) is 1.73. The average Bonchev–Trinajstić information content (AvgIpc) is 2.43. The molecule has 0 heterocycles. The molecule has 2 N–H and O–H groups in total. The Bertz CT molecular complexity index is 336. The Balaban J connectivity index is 1.90. The zero-order valence-corrected chi connectivity index (χ0v) is 13.6. The first kappa shape index (κ1) is 16.7. The van der Waals surface area contributed by atoms with Crippen LogP contribution in [-0.4, -0.2) is 46.6 Å². The minimum atomic E-state index is 0.601. The average molecular weight is 380 g/mol. The third-order valence-electron chi connectivity index (χ3n) is 2.54. The van der Waals surface area contributed by atoms with Gasteiger partial charge in [0.25, 0.3) is 0 Å². The number of hydrogen-bond acceptors (Lipinski definition) is 3. The third kappa shape index (κ3) is 8.41. The quantitative estimate of drug-likeness (QED) is 0.465. The summed E-state index contributed by atoms with van der Waals surface area (Å²) in [5.41, 5.74) is 0. The fourth-order valence-electron chi connectivity index (χ4n) is 1.56. The summed E-state index contributed by atoms with van der Waals surface area (Å²) in [4.78, 5) is 0. The molecule has 0 atom stereocenters. The molecule has 0 radical (unpaired) electrons. The number of quaternary nitrogens is 1. The van der Waals surface area contributed by atoms with Crippen molar-refractivity contribution in [3.05, 3.63) is 27.8 Å². The molecule has 5 heteroatoms. The summed E-state index contributed by atoms with van der Waals surface area (Å²) in [5.74, 6) is 0.929. The number of benzene rings is 1. The van der Waals surface area contributed by atoms with Gasteiger partial charge in [0.15, 0.2) is 0 Å². The molecule has 108 valence electrons. The van der Waals surface area contributed by atoms with Crippen LogP contribution in [0.4, 0.5) is 0 Å². The lowest BCUT2D eigenvalue weighted by molar-refractivity contribution is -0.656. The van der Waals surface area contributed by atoms with Crippen LogP contribution >= 0.6 is 22.6 Å². The van der Waals surface area contributed by atoms with E-state index in [1.54, 1.807) is 7.11 Å². The van der Waals surface area contributed by atoms with Gasteiger partial charge in [0.2, 0.25) is 0 Å². The maximum atomic E-state index is 5.64. The fraction of sp³-hybridized carbons (Fsp3) is 0.571. The van der Waals surface area contributed by atoms with Crippen LogP contribution in [-0.2, 0) is 9.47 Å². The summed E-state index contributed by atoms with van der Waals surface area (Å²) in [6.45, 7) is 4.92. The van der Waals surface area contributed by atoms with Crippen LogP contribution in [0.1, 0.15) is 6.42 Å². The van der Waals surface area contributed by atoms with Crippen LogP contribution in [0.5, 0.6) is 5.75 Å². The highest BCUT2D eigenvalue weighted by Crippen LogP contribution is 2.19. The van der Waals surface area contributed by atoms with Crippen LogP contribution in [0.15, 0.2) is 24.3 Å². The van der Waals surface area contributed by atoms with Crippen molar-refractivity contribution in [3.63, 3.8) is 0 Å². The fourth-order valence-corrected chi connectivity index (χ4v) is 2.10. The molecule has 1 rings (SSSR count). The largest absolute Gasteiger partial charge is 0.490 e. The Morgan fingerprint density at radius 3 is 2.68 bits per heavy atom. The summed E-state index contributed by atoms with van der Waals surface area (Å²) >= 11 is 2.27. The van der Waals surface area contributed by atoms with Gasteiger partial charge in [0, 0.05) is 13.5 Å². The summed E-state index contributed by atoms with van der Waals surface area (Å²) < 4.78 is 17.3. The van der Waals surface area contributed by atoms with Crippen molar-refractivity contribution in [2.24, 2.45) is 0 Å². The van der Waals surface area contributed by atoms with Gasteiger partial charge in [-0.3, -0.25) is 0 Å². The van der Waals surface area contributed by atoms with Crippen molar-refractivity contribution < 1.29 is 19.5 Å². The van der Waals surface area contributed by atoms with Crippen molar-refractivity contribution in [1.82, 2.24) is 0 Å². The zero-order chi connectivity index (χ0) is 13.8. The van der Waals surface area contributed by atoms with Gasteiger partial charge in [-0.25, -0.2) is 0 Å². The van der Waals surface area contributed by atoms with E-state index >= 15 is 0 Å². The molecule has 0 aliphatic heterocycles. The smallest absolute Gasteiger partial charge is 0.132 e. The number of halogens is 1. The normalized spacial score (nSPS) is 10.6. The van der Waals surface area contributed by atoms with E-state index in [1.807, 2.05) is 24.3 Å². The van der Waals surface area contributed by atoms with E-state index < -0.39 is 0 Å². The minimum absolute atomic E-state index is 0.601. The molecule has 0 amide bonds. The van der Waals surface area contributed by atoms with Crippen LogP contribution < -0.4 is 10.1 Å². The van der Waals surface area contributed by atoms with E-state index in [0.29, 0.717) is 13.2 Å². The van der Waals surface area contributed by atoms with E-state index in [0.717, 1.165) is 42.0 Å². The highest BCUT2D eigenvalue weighted by atomic mass is 127. The van der Waals surface area contributed by atoms with E-state index in [-0.39, 0.29) is 0 Å². The Hall–Kier alpha value is -0.370. The zero-order valence-electron chi connectivity index (χ0n) is 11.4. The molecule has 0 aliphatic rings. The van der Waals surface area contributed by atoms with E-state index in [9.17, 15) is 0 Å². The van der Waals surface area contributed by atoms with Crippen molar-refractivity contribution in [2.75, 3.05) is 46.6 Å². The van der Waals surface area contributed by atoms with Crippen LogP contribution in [0.3, 0.4) is 0 Å². The molecular weight excluding hydrogens is 357 g/mol. The maximum absolute atomic E-state index is 5.64. The number of rotatable bonds is 11. The predicted molar refractivity (Wildman–Crippen MR) is 83.6 cm³/mol. The maximum Gasteiger partial charge on any atom is 0.132 e. The molecular formula is C14H23INO3+. The molecule has 0 unspecified atom stereocenters. The molecule has 1 aromatic rings. The van der Waals surface area contributed by atoms with Gasteiger partial charge in [-0.1, -0.05) is 12.1 Å². The van der Waals surface area contributed by atoms with Gasteiger partial charge in [0.05, 0.1) is 36.5 Å². The van der Waals surface area contributed by atoms with Crippen molar-refractivity contribution >= 4 is 22.6 Å². The van der Waals surface area contributed by atoms with Crippen molar-refractivity contribution in [2.45, 2.75) is 6.42 Å². The van der Waals surface area contributed by atoms with Gasteiger partial charge < -0.3 is 19.5 Å². The van der Waals surface area contributed by atoms with Gasteiger partial charge in [-0.15, -0.1) is 0 Å². The monoisotopic (exact) mass is 380 g/mol. The second kappa shape index (κ2) is 11.5. The van der Waals surface area contributed by atoms with Crippen molar-refractivity contribution in [1.29, 1.82) is 0 Å².